The first-order valence-electron chi connectivity index (χ1n) is 7.29. The number of likely N-dealkylation sites (tertiary alicyclic amines) is 1. The second kappa shape index (κ2) is 6.40. The molecule has 0 atom stereocenters. The van der Waals surface area contributed by atoms with Crippen molar-refractivity contribution in [2.75, 3.05) is 13.1 Å². The molecule has 6 heteroatoms. The Morgan fingerprint density at radius 2 is 2.27 bits per heavy atom. The Morgan fingerprint density at radius 1 is 1.45 bits per heavy atom. The van der Waals surface area contributed by atoms with Gasteiger partial charge in [-0.25, -0.2) is 4.98 Å². The number of ether oxygens (including phenoxy) is 1. The third-order valence-electron chi connectivity index (χ3n) is 3.79. The highest BCUT2D eigenvalue weighted by molar-refractivity contribution is 6.30. The van der Waals surface area contributed by atoms with Crippen molar-refractivity contribution in [3.05, 3.63) is 47.5 Å². The van der Waals surface area contributed by atoms with Crippen molar-refractivity contribution in [3.63, 3.8) is 0 Å². The first kappa shape index (κ1) is 14.9. The van der Waals surface area contributed by atoms with E-state index < -0.39 is 0 Å². The third kappa shape index (κ3) is 3.42. The minimum Gasteiger partial charge on any atom is -0.487 e. The fraction of sp³-hybridized carbons (Fsp3) is 0.375. The van der Waals surface area contributed by atoms with Gasteiger partial charge in [0.25, 0.3) is 0 Å². The Bertz CT molecular complexity index is 665. The summed E-state index contributed by atoms with van der Waals surface area (Å²) in [6.45, 7) is 3.87. The van der Waals surface area contributed by atoms with E-state index in [1.165, 1.54) is 0 Å². The zero-order valence-corrected chi connectivity index (χ0v) is 13.2. The summed E-state index contributed by atoms with van der Waals surface area (Å²) in [7, 11) is 0. The second-order valence-corrected chi connectivity index (χ2v) is 5.85. The van der Waals surface area contributed by atoms with Crippen molar-refractivity contribution in [3.8, 4) is 5.75 Å². The molecule has 1 aliphatic rings. The van der Waals surface area contributed by atoms with Crippen LogP contribution in [-0.2, 0) is 11.3 Å². The van der Waals surface area contributed by atoms with Crippen LogP contribution < -0.4 is 4.74 Å². The number of carbonyl (C=O) groups excluding carboxylic acids is 1. The maximum absolute atomic E-state index is 12.1. The van der Waals surface area contributed by atoms with E-state index in [0.717, 1.165) is 11.6 Å². The highest BCUT2D eigenvalue weighted by Crippen LogP contribution is 2.22. The lowest BCUT2D eigenvalue weighted by atomic mass is 10.1. The lowest BCUT2D eigenvalue weighted by Crippen LogP contribution is -2.56. The molecule has 1 aromatic heterocycles. The van der Waals surface area contributed by atoms with Gasteiger partial charge in [0.05, 0.1) is 13.1 Å². The van der Waals surface area contributed by atoms with Gasteiger partial charge in [-0.1, -0.05) is 17.7 Å². The molecule has 1 saturated heterocycles. The van der Waals surface area contributed by atoms with Crippen molar-refractivity contribution in [2.45, 2.75) is 26.0 Å². The van der Waals surface area contributed by atoms with Crippen molar-refractivity contribution in [1.82, 2.24) is 14.5 Å². The summed E-state index contributed by atoms with van der Waals surface area (Å²) in [6, 6.07) is 7.32. The molecule has 0 saturated carbocycles. The number of imidazole rings is 1. The average Bonchev–Trinajstić information content (AvgIpc) is 2.85. The summed E-state index contributed by atoms with van der Waals surface area (Å²) < 4.78 is 7.77. The lowest BCUT2D eigenvalue weighted by Gasteiger charge is -2.39. The minimum atomic E-state index is 0.0531. The predicted octanol–water partition coefficient (Wildman–Crippen LogP) is 2.52. The molecule has 5 nitrogen and oxygen atoms in total. The first-order valence-corrected chi connectivity index (χ1v) is 7.67. The monoisotopic (exact) mass is 319 g/mol. The normalized spacial score (nSPS) is 14.7. The van der Waals surface area contributed by atoms with E-state index in [0.29, 0.717) is 31.1 Å². The Morgan fingerprint density at radius 3 is 2.95 bits per heavy atom. The van der Waals surface area contributed by atoms with Crippen LogP contribution in [0.5, 0.6) is 5.75 Å². The van der Waals surface area contributed by atoms with Gasteiger partial charge in [0, 0.05) is 30.4 Å². The van der Waals surface area contributed by atoms with Crippen molar-refractivity contribution < 1.29 is 9.53 Å². The summed E-state index contributed by atoms with van der Waals surface area (Å²) in [4.78, 5) is 18.1. The summed E-state index contributed by atoms with van der Waals surface area (Å²) in [5, 5.41) is 0.653. The maximum Gasteiger partial charge on any atom is 0.224 e. The van der Waals surface area contributed by atoms with Gasteiger partial charge in [-0.15, -0.1) is 0 Å². The predicted molar refractivity (Wildman–Crippen MR) is 84.0 cm³/mol. The largest absolute Gasteiger partial charge is 0.487 e. The highest BCUT2D eigenvalue weighted by atomic mass is 35.5. The summed E-state index contributed by atoms with van der Waals surface area (Å²) in [5.41, 5.74) is 0. The zero-order valence-electron chi connectivity index (χ0n) is 12.4. The Kier molecular flexibility index (Phi) is 4.34. The van der Waals surface area contributed by atoms with Gasteiger partial charge >= 0.3 is 0 Å². The maximum atomic E-state index is 12.1. The molecular weight excluding hydrogens is 302 g/mol. The molecule has 0 bridgehead atoms. The van der Waals surface area contributed by atoms with Crippen LogP contribution in [0.2, 0.25) is 5.02 Å². The summed E-state index contributed by atoms with van der Waals surface area (Å²) in [6.07, 6.45) is 4.18. The molecule has 0 N–H and O–H groups in total. The van der Waals surface area contributed by atoms with Crippen molar-refractivity contribution >= 4 is 17.5 Å². The molecular formula is C16H18ClN3O2. The molecule has 1 amide bonds. The topological polar surface area (TPSA) is 47.4 Å². The third-order valence-corrected chi connectivity index (χ3v) is 4.02. The smallest absolute Gasteiger partial charge is 0.224 e. The molecule has 22 heavy (non-hydrogen) atoms. The van der Waals surface area contributed by atoms with Crippen molar-refractivity contribution in [2.24, 2.45) is 0 Å². The van der Waals surface area contributed by atoms with Gasteiger partial charge in [0.15, 0.2) is 0 Å². The number of aryl methyl sites for hydroxylation is 2. The zero-order chi connectivity index (χ0) is 15.5. The van der Waals surface area contributed by atoms with E-state index in [1.807, 2.05) is 40.8 Å². The highest BCUT2D eigenvalue weighted by Gasteiger charge is 2.31. The number of halogens is 1. The van der Waals surface area contributed by atoms with E-state index in [1.54, 1.807) is 12.3 Å². The molecule has 116 valence electrons. The Hall–Kier alpha value is -2.01. The van der Waals surface area contributed by atoms with E-state index in [4.69, 9.17) is 16.3 Å². The molecule has 0 unspecified atom stereocenters. The van der Waals surface area contributed by atoms with Crippen LogP contribution in [0, 0.1) is 6.92 Å². The summed E-state index contributed by atoms with van der Waals surface area (Å²) in [5.74, 6) is 1.83. The molecule has 0 spiro atoms. The van der Waals surface area contributed by atoms with Gasteiger partial charge in [-0.2, -0.15) is 0 Å². The van der Waals surface area contributed by atoms with E-state index >= 15 is 0 Å². The second-order valence-electron chi connectivity index (χ2n) is 5.41. The number of aromatic nitrogens is 2. The lowest BCUT2D eigenvalue weighted by molar-refractivity contribution is -0.140. The van der Waals surface area contributed by atoms with Crippen LogP contribution in [0.1, 0.15) is 12.2 Å². The quantitative estimate of drug-likeness (QED) is 0.851. The van der Waals surface area contributed by atoms with Crippen LogP contribution >= 0.6 is 11.6 Å². The molecule has 2 heterocycles. The number of nitrogens with zero attached hydrogens (tertiary/aromatic N) is 3. The first-order chi connectivity index (χ1) is 10.6. The molecule has 1 aromatic carbocycles. The fourth-order valence-electron chi connectivity index (χ4n) is 2.46. The minimum absolute atomic E-state index is 0.0531. The number of benzene rings is 1. The van der Waals surface area contributed by atoms with Crippen LogP contribution in [0.3, 0.4) is 0 Å². The van der Waals surface area contributed by atoms with E-state index in [2.05, 4.69) is 4.98 Å². The molecule has 2 aromatic rings. The number of amides is 1. The van der Waals surface area contributed by atoms with E-state index in [9.17, 15) is 4.79 Å². The number of rotatable bonds is 5. The molecule has 1 aliphatic heterocycles. The standard InChI is InChI=1S/C16H18ClN3O2/c1-12-18-6-8-19(12)7-5-16(21)20-10-15(11-20)22-14-4-2-3-13(17)9-14/h2-4,6,8-9,15H,5,7,10-11H2,1H3. The molecule has 0 aliphatic carbocycles. The number of carbonyl (C=O) groups is 1. The van der Waals surface area contributed by atoms with Crippen molar-refractivity contribution in [1.29, 1.82) is 0 Å². The van der Waals surface area contributed by atoms with Gasteiger partial charge < -0.3 is 14.2 Å². The van der Waals surface area contributed by atoms with Gasteiger partial charge in [-0.05, 0) is 25.1 Å². The van der Waals surface area contributed by atoms with Crippen LogP contribution in [0.4, 0.5) is 0 Å². The van der Waals surface area contributed by atoms with Crippen LogP contribution in [-0.4, -0.2) is 39.6 Å². The average molecular weight is 320 g/mol. The van der Waals surface area contributed by atoms with Crippen LogP contribution in [0.15, 0.2) is 36.7 Å². The summed E-state index contributed by atoms with van der Waals surface area (Å²) >= 11 is 5.92. The Balaban J connectivity index is 1.43. The van der Waals surface area contributed by atoms with E-state index in [-0.39, 0.29) is 12.0 Å². The van der Waals surface area contributed by atoms with Gasteiger partial charge in [-0.3, -0.25) is 4.79 Å². The molecule has 1 fully saturated rings. The fourth-order valence-corrected chi connectivity index (χ4v) is 2.64. The number of hydrogen-bond acceptors (Lipinski definition) is 3. The van der Waals surface area contributed by atoms with Gasteiger partial charge in [0.1, 0.15) is 17.7 Å². The molecule has 0 radical (unpaired) electrons. The molecule has 3 rings (SSSR count). The van der Waals surface area contributed by atoms with Gasteiger partial charge in [0.2, 0.25) is 5.91 Å². The SMILES string of the molecule is Cc1nccn1CCC(=O)N1CC(Oc2cccc(Cl)c2)C1. The number of hydrogen-bond donors (Lipinski definition) is 0. The Labute approximate surface area is 134 Å². The van der Waals surface area contributed by atoms with Crippen LogP contribution in [0.25, 0.3) is 0 Å².